The molecule has 0 aliphatic rings. The summed E-state index contributed by atoms with van der Waals surface area (Å²) < 4.78 is 3.87. The zero-order valence-electron chi connectivity index (χ0n) is 11.0. The zero-order chi connectivity index (χ0) is 14.5. The second kappa shape index (κ2) is 6.51. The van der Waals surface area contributed by atoms with Crippen LogP contribution in [0, 0.1) is 0 Å². The van der Waals surface area contributed by atoms with E-state index in [4.69, 9.17) is 0 Å². The third kappa shape index (κ3) is 4.06. The molecule has 2 aromatic heterocycles. The van der Waals surface area contributed by atoms with Crippen molar-refractivity contribution in [1.29, 1.82) is 0 Å². The number of nitrogens with zero attached hydrogens (tertiary/aromatic N) is 3. The largest absolute Gasteiger partial charge is 0.350 e. The molecule has 2 rings (SSSR count). The molecule has 20 heavy (non-hydrogen) atoms. The molecule has 0 fully saturated rings. The Labute approximate surface area is 124 Å². The Morgan fingerprint density at radius 1 is 1.50 bits per heavy atom. The fourth-order valence-corrected chi connectivity index (χ4v) is 2.21. The monoisotopic (exact) mass is 338 g/mol. The maximum atomic E-state index is 11.9. The number of halogens is 1. The van der Waals surface area contributed by atoms with Crippen molar-refractivity contribution in [3.63, 3.8) is 0 Å². The molecule has 0 aromatic carbocycles. The van der Waals surface area contributed by atoms with E-state index >= 15 is 0 Å². The van der Waals surface area contributed by atoms with Crippen LogP contribution in [0.5, 0.6) is 0 Å². The Morgan fingerprint density at radius 3 is 3.00 bits per heavy atom. The van der Waals surface area contributed by atoms with Crippen LogP contribution in [0.4, 0.5) is 0 Å². The minimum absolute atomic E-state index is 0.00171. The van der Waals surface area contributed by atoms with Crippen LogP contribution in [0.3, 0.4) is 0 Å². The topological polar surface area (TPSA) is 68.9 Å². The lowest BCUT2D eigenvalue weighted by Gasteiger charge is -2.14. The maximum absolute atomic E-state index is 11.9. The standard InChI is InChI=1S/C13H15BrN4O2/c1-10(7-18-6-2-5-15-18)16-12(19)9-17-8-11(14)3-4-13(17)20/h2-6,8,10H,7,9H2,1H3,(H,16,19)/t10-/m0/s1. The highest BCUT2D eigenvalue weighted by molar-refractivity contribution is 9.10. The molecule has 2 aromatic rings. The van der Waals surface area contributed by atoms with Gasteiger partial charge < -0.3 is 9.88 Å². The predicted octanol–water partition coefficient (Wildman–Crippen LogP) is 1.01. The number of rotatable bonds is 5. The normalized spacial score (nSPS) is 12.1. The van der Waals surface area contributed by atoms with Gasteiger partial charge in [-0.2, -0.15) is 5.10 Å². The summed E-state index contributed by atoms with van der Waals surface area (Å²) in [4.78, 5) is 23.5. The Kier molecular flexibility index (Phi) is 4.73. The van der Waals surface area contributed by atoms with Gasteiger partial charge in [0.25, 0.3) is 5.56 Å². The molecule has 1 atom stereocenters. The summed E-state index contributed by atoms with van der Waals surface area (Å²) in [6.07, 6.45) is 5.12. The Hall–Kier alpha value is -1.89. The Balaban J connectivity index is 1.92. The molecule has 2 heterocycles. The van der Waals surface area contributed by atoms with Crippen molar-refractivity contribution in [3.05, 3.63) is 51.6 Å². The summed E-state index contributed by atoms with van der Waals surface area (Å²) in [5, 5.41) is 6.92. The summed E-state index contributed by atoms with van der Waals surface area (Å²) in [7, 11) is 0. The highest BCUT2D eigenvalue weighted by Crippen LogP contribution is 2.04. The van der Waals surface area contributed by atoms with Gasteiger partial charge >= 0.3 is 0 Å². The van der Waals surface area contributed by atoms with Crippen molar-refractivity contribution in [3.8, 4) is 0 Å². The third-order valence-corrected chi connectivity index (χ3v) is 3.16. The molecule has 0 bridgehead atoms. The summed E-state index contributed by atoms with van der Waals surface area (Å²) in [6, 6.07) is 4.84. The van der Waals surface area contributed by atoms with E-state index in [1.807, 2.05) is 19.2 Å². The fraction of sp³-hybridized carbons (Fsp3) is 0.308. The van der Waals surface area contributed by atoms with Gasteiger partial charge in [0.2, 0.25) is 5.91 Å². The number of nitrogens with one attached hydrogen (secondary N) is 1. The SMILES string of the molecule is C[C@@H](Cn1cccn1)NC(=O)Cn1cc(Br)ccc1=O. The molecule has 0 aliphatic heterocycles. The van der Waals surface area contributed by atoms with Gasteiger partial charge in [-0.25, -0.2) is 0 Å². The molecule has 1 N–H and O–H groups in total. The van der Waals surface area contributed by atoms with E-state index < -0.39 is 0 Å². The number of carbonyl (C=O) groups is 1. The number of aromatic nitrogens is 3. The smallest absolute Gasteiger partial charge is 0.251 e. The van der Waals surface area contributed by atoms with Gasteiger partial charge in [-0.15, -0.1) is 0 Å². The quantitative estimate of drug-likeness (QED) is 0.884. The first-order chi connectivity index (χ1) is 9.54. The van der Waals surface area contributed by atoms with Crippen LogP contribution in [0.15, 0.2) is 46.1 Å². The van der Waals surface area contributed by atoms with Crippen molar-refractivity contribution >= 4 is 21.8 Å². The van der Waals surface area contributed by atoms with Crippen LogP contribution >= 0.6 is 15.9 Å². The van der Waals surface area contributed by atoms with Crippen molar-refractivity contribution < 1.29 is 4.79 Å². The van der Waals surface area contributed by atoms with E-state index in [9.17, 15) is 9.59 Å². The van der Waals surface area contributed by atoms with Crippen molar-refractivity contribution in [2.45, 2.75) is 26.1 Å². The third-order valence-electron chi connectivity index (χ3n) is 2.69. The molecule has 6 nitrogen and oxygen atoms in total. The van der Waals surface area contributed by atoms with Crippen LogP contribution in [0.25, 0.3) is 0 Å². The van der Waals surface area contributed by atoms with E-state index in [-0.39, 0.29) is 24.1 Å². The van der Waals surface area contributed by atoms with E-state index in [1.165, 1.54) is 10.6 Å². The van der Waals surface area contributed by atoms with E-state index in [1.54, 1.807) is 23.1 Å². The lowest BCUT2D eigenvalue weighted by atomic mass is 10.3. The Bertz CT molecular complexity index is 636. The first-order valence-corrected chi connectivity index (χ1v) is 6.96. The average Bonchev–Trinajstić information content (AvgIpc) is 2.86. The second-order valence-electron chi connectivity index (χ2n) is 4.51. The van der Waals surface area contributed by atoms with Gasteiger partial charge in [-0.05, 0) is 35.0 Å². The first-order valence-electron chi connectivity index (χ1n) is 6.17. The van der Waals surface area contributed by atoms with Gasteiger partial charge in [0.1, 0.15) is 6.54 Å². The van der Waals surface area contributed by atoms with E-state index in [0.717, 1.165) is 4.47 Å². The molecule has 7 heteroatoms. The summed E-state index contributed by atoms with van der Waals surface area (Å²) in [5.74, 6) is -0.204. The number of carbonyl (C=O) groups excluding carboxylic acids is 1. The van der Waals surface area contributed by atoms with Gasteiger partial charge in [0.15, 0.2) is 0 Å². The fourth-order valence-electron chi connectivity index (χ4n) is 1.84. The van der Waals surface area contributed by atoms with Gasteiger partial charge in [0, 0.05) is 35.2 Å². The van der Waals surface area contributed by atoms with E-state index in [2.05, 4.69) is 26.3 Å². The van der Waals surface area contributed by atoms with Gasteiger partial charge in [-0.1, -0.05) is 0 Å². The van der Waals surface area contributed by atoms with Crippen molar-refractivity contribution in [1.82, 2.24) is 19.7 Å². The molecule has 0 unspecified atom stereocenters. The molecule has 0 radical (unpaired) electrons. The van der Waals surface area contributed by atoms with Crippen molar-refractivity contribution in [2.75, 3.05) is 0 Å². The lowest BCUT2D eigenvalue weighted by molar-refractivity contribution is -0.122. The highest BCUT2D eigenvalue weighted by Gasteiger charge is 2.09. The van der Waals surface area contributed by atoms with E-state index in [0.29, 0.717) is 6.54 Å². The van der Waals surface area contributed by atoms with Crippen LogP contribution in [-0.4, -0.2) is 26.3 Å². The molecule has 1 amide bonds. The predicted molar refractivity (Wildman–Crippen MR) is 78.2 cm³/mol. The van der Waals surface area contributed by atoms with Gasteiger partial charge in [-0.3, -0.25) is 14.3 Å². The highest BCUT2D eigenvalue weighted by atomic mass is 79.9. The zero-order valence-corrected chi connectivity index (χ0v) is 12.6. The number of hydrogen-bond donors (Lipinski definition) is 1. The molecule has 0 saturated heterocycles. The molecular weight excluding hydrogens is 324 g/mol. The lowest BCUT2D eigenvalue weighted by Crippen LogP contribution is -2.39. The Morgan fingerprint density at radius 2 is 2.30 bits per heavy atom. The molecule has 106 valence electrons. The second-order valence-corrected chi connectivity index (χ2v) is 5.43. The van der Waals surface area contributed by atoms with Crippen molar-refractivity contribution in [2.24, 2.45) is 0 Å². The van der Waals surface area contributed by atoms with Crippen LogP contribution in [0.2, 0.25) is 0 Å². The molecule has 0 spiro atoms. The van der Waals surface area contributed by atoms with Crippen LogP contribution in [-0.2, 0) is 17.9 Å². The van der Waals surface area contributed by atoms with Crippen LogP contribution in [0.1, 0.15) is 6.92 Å². The summed E-state index contributed by atoms with van der Waals surface area (Å²) in [5.41, 5.74) is -0.205. The van der Waals surface area contributed by atoms with Crippen LogP contribution < -0.4 is 10.9 Å². The summed E-state index contributed by atoms with van der Waals surface area (Å²) >= 11 is 3.27. The summed E-state index contributed by atoms with van der Waals surface area (Å²) in [6.45, 7) is 2.48. The minimum Gasteiger partial charge on any atom is -0.350 e. The number of hydrogen-bond acceptors (Lipinski definition) is 3. The minimum atomic E-state index is -0.205. The first kappa shape index (κ1) is 14.5. The molecule has 0 saturated carbocycles. The maximum Gasteiger partial charge on any atom is 0.251 e. The number of amides is 1. The average molecular weight is 339 g/mol. The van der Waals surface area contributed by atoms with Gasteiger partial charge in [0.05, 0.1) is 6.54 Å². The molecular formula is C13H15BrN4O2. The molecule has 0 aliphatic carbocycles. The number of pyridine rings is 1.